The summed E-state index contributed by atoms with van der Waals surface area (Å²) in [7, 11) is 0. The number of carbonyl (C=O) groups is 1. The summed E-state index contributed by atoms with van der Waals surface area (Å²) >= 11 is 0. The van der Waals surface area contributed by atoms with Crippen LogP contribution in [0.3, 0.4) is 0 Å². The van der Waals surface area contributed by atoms with Crippen LogP contribution < -0.4 is 11.1 Å². The van der Waals surface area contributed by atoms with Crippen molar-refractivity contribution in [2.75, 3.05) is 13.2 Å². The molecule has 17 heavy (non-hydrogen) atoms. The number of aromatic nitrogens is 2. The van der Waals surface area contributed by atoms with Crippen molar-refractivity contribution in [3.8, 4) is 0 Å². The van der Waals surface area contributed by atoms with Gasteiger partial charge >= 0.3 is 0 Å². The monoisotopic (exact) mass is 241 g/mol. The van der Waals surface area contributed by atoms with Gasteiger partial charge in [0, 0.05) is 12.1 Å². The summed E-state index contributed by atoms with van der Waals surface area (Å²) in [5.41, 5.74) is -0.961. The summed E-state index contributed by atoms with van der Waals surface area (Å²) in [5.74, 6) is -0.509. The number of hydrogen-bond donors (Lipinski definition) is 2. The fourth-order valence-electron chi connectivity index (χ4n) is 1.44. The summed E-state index contributed by atoms with van der Waals surface area (Å²) in [5, 5.41) is 12.4. The fraction of sp³-hybridized carbons (Fsp3) is 0.444. The maximum absolute atomic E-state index is 11.6. The van der Waals surface area contributed by atoms with Gasteiger partial charge in [-0.05, 0) is 0 Å². The lowest BCUT2D eigenvalue weighted by Gasteiger charge is -2.13. The molecule has 0 radical (unpaired) electrons. The molecular weight excluding hydrogens is 230 g/mol. The van der Waals surface area contributed by atoms with Crippen LogP contribution in [-0.4, -0.2) is 45.1 Å². The molecule has 2 rings (SSSR count). The van der Waals surface area contributed by atoms with E-state index in [0.717, 1.165) is 21.9 Å². The minimum atomic E-state index is -0.717. The molecule has 1 aromatic heterocycles. The van der Waals surface area contributed by atoms with Gasteiger partial charge in [-0.15, -0.1) is 0 Å². The molecule has 0 saturated carbocycles. The summed E-state index contributed by atoms with van der Waals surface area (Å²) in [4.78, 5) is 38.8. The minimum absolute atomic E-state index is 0.0476. The van der Waals surface area contributed by atoms with E-state index in [0.29, 0.717) is 0 Å². The van der Waals surface area contributed by atoms with Crippen molar-refractivity contribution in [1.29, 1.82) is 0 Å². The van der Waals surface area contributed by atoms with Gasteiger partial charge in [-0.25, -0.2) is 9.75 Å². The molecule has 1 aliphatic rings. The number of carbonyl (C=O) groups excluding carboxylic acids is 1. The lowest BCUT2D eigenvalue weighted by Crippen LogP contribution is -2.37. The average Bonchev–Trinajstić information content (AvgIpc) is 2.70. The molecule has 1 atom stereocenters. The van der Waals surface area contributed by atoms with E-state index in [1.165, 1.54) is 0 Å². The zero-order valence-corrected chi connectivity index (χ0v) is 8.83. The van der Waals surface area contributed by atoms with Crippen LogP contribution in [0.4, 0.5) is 0 Å². The van der Waals surface area contributed by atoms with Crippen molar-refractivity contribution in [3.05, 3.63) is 32.8 Å². The first-order valence-electron chi connectivity index (χ1n) is 4.98. The van der Waals surface area contributed by atoms with E-state index < -0.39 is 23.1 Å². The van der Waals surface area contributed by atoms with E-state index in [2.05, 4.69) is 5.10 Å². The molecule has 1 amide bonds. The molecule has 0 aliphatic carbocycles. The number of aromatic amines is 1. The van der Waals surface area contributed by atoms with Gasteiger partial charge in [-0.1, -0.05) is 0 Å². The van der Waals surface area contributed by atoms with Gasteiger partial charge in [0.15, 0.2) is 0 Å². The molecule has 1 saturated heterocycles. The highest BCUT2D eigenvalue weighted by atomic mass is 16.7. The molecule has 92 valence electrons. The number of rotatable bonds is 2. The Balaban J connectivity index is 2.10. The number of H-pyrrole nitrogens is 1. The number of amides is 1. The third kappa shape index (κ3) is 2.60. The normalized spacial score (nSPS) is 19.6. The third-order valence-corrected chi connectivity index (χ3v) is 2.26. The van der Waals surface area contributed by atoms with Gasteiger partial charge in [0.25, 0.3) is 17.0 Å². The number of nitrogens with zero attached hydrogens (tertiary/aromatic N) is 2. The Morgan fingerprint density at radius 2 is 2.29 bits per heavy atom. The highest BCUT2D eigenvalue weighted by Gasteiger charge is 2.26. The molecule has 2 heterocycles. The van der Waals surface area contributed by atoms with Gasteiger partial charge in [-0.2, -0.15) is 0 Å². The van der Waals surface area contributed by atoms with Crippen LogP contribution in [0.5, 0.6) is 0 Å². The molecule has 8 nitrogen and oxygen atoms in total. The van der Waals surface area contributed by atoms with E-state index >= 15 is 0 Å². The predicted molar refractivity (Wildman–Crippen MR) is 55.0 cm³/mol. The topological polar surface area (TPSA) is 105 Å². The highest BCUT2D eigenvalue weighted by molar-refractivity contribution is 5.75. The number of aliphatic hydroxyl groups excluding tert-OH is 1. The van der Waals surface area contributed by atoms with Gasteiger partial charge in [-0.3, -0.25) is 24.3 Å². The summed E-state index contributed by atoms with van der Waals surface area (Å²) in [6.07, 6.45) is -0.717. The van der Waals surface area contributed by atoms with E-state index in [1.54, 1.807) is 0 Å². The Kier molecular flexibility index (Phi) is 3.07. The fourth-order valence-corrected chi connectivity index (χ4v) is 1.44. The molecule has 8 heteroatoms. The lowest BCUT2D eigenvalue weighted by molar-refractivity contribution is -0.169. The number of hydroxylamine groups is 2. The van der Waals surface area contributed by atoms with Gasteiger partial charge in [0.2, 0.25) is 0 Å². The Labute approximate surface area is 95.0 Å². The lowest BCUT2D eigenvalue weighted by atomic mass is 10.4. The van der Waals surface area contributed by atoms with E-state index in [1.807, 2.05) is 0 Å². The second-order valence-electron chi connectivity index (χ2n) is 3.64. The molecule has 0 aromatic carbocycles. The van der Waals surface area contributed by atoms with E-state index in [9.17, 15) is 14.4 Å². The van der Waals surface area contributed by atoms with Crippen molar-refractivity contribution < 1.29 is 14.7 Å². The van der Waals surface area contributed by atoms with Gasteiger partial charge < -0.3 is 5.11 Å². The highest BCUT2D eigenvalue weighted by Crippen LogP contribution is 2.05. The number of aliphatic hydroxyl groups is 1. The zero-order chi connectivity index (χ0) is 12.4. The predicted octanol–water partition coefficient (Wildman–Crippen LogP) is -2.33. The maximum atomic E-state index is 11.6. The van der Waals surface area contributed by atoms with Crippen LogP contribution in [-0.2, 0) is 16.2 Å². The van der Waals surface area contributed by atoms with Crippen molar-refractivity contribution in [2.24, 2.45) is 0 Å². The van der Waals surface area contributed by atoms with Crippen LogP contribution >= 0.6 is 0 Å². The second-order valence-corrected chi connectivity index (χ2v) is 3.64. The molecule has 0 unspecified atom stereocenters. The Morgan fingerprint density at radius 1 is 1.53 bits per heavy atom. The molecule has 1 fully saturated rings. The Morgan fingerprint density at radius 3 is 2.94 bits per heavy atom. The minimum Gasteiger partial charge on any atom is -0.389 e. The van der Waals surface area contributed by atoms with Crippen LogP contribution in [0.25, 0.3) is 0 Å². The first kappa shape index (κ1) is 11.6. The molecular formula is C9H11N3O5. The molecule has 1 aromatic rings. The first-order chi connectivity index (χ1) is 8.06. The molecule has 2 N–H and O–H groups in total. The van der Waals surface area contributed by atoms with E-state index in [4.69, 9.17) is 9.94 Å². The average molecular weight is 241 g/mol. The maximum Gasteiger partial charge on any atom is 0.267 e. The Bertz CT molecular complexity index is 534. The van der Waals surface area contributed by atoms with Crippen LogP contribution in [0.15, 0.2) is 21.7 Å². The van der Waals surface area contributed by atoms with Crippen molar-refractivity contribution in [3.63, 3.8) is 0 Å². The largest absolute Gasteiger partial charge is 0.389 e. The van der Waals surface area contributed by atoms with Gasteiger partial charge in [0.1, 0.15) is 13.2 Å². The second kappa shape index (κ2) is 4.52. The third-order valence-electron chi connectivity index (χ3n) is 2.26. The molecule has 0 bridgehead atoms. The SMILES string of the molecule is O=C(Cn1[nH]c(=O)ccc1=O)N1C[C@@H](O)CO1. The van der Waals surface area contributed by atoms with Crippen molar-refractivity contribution in [1.82, 2.24) is 14.8 Å². The smallest absolute Gasteiger partial charge is 0.267 e. The number of β-amino-alcohol motifs (C(OH)–C–C–N with tert-alkyl or cyclic N) is 1. The van der Waals surface area contributed by atoms with Gasteiger partial charge in [0.05, 0.1) is 12.6 Å². The molecule has 0 spiro atoms. The Hall–Kier alpha value is -1.93. The van der Waals surface area contributed by atoms with Crippen molar-refractivity contribution in [2.45, 2.75) is 12.6 Å². The quantitative estimate of drug-likeness (QED) is 0.604. The zero-order valence-electron chi connectivity index (χ0n) is 8.83. The molecule has 1 aliphatic heterocycles. The van der Waals surface area contributed by atoms with Crippen LogP contribution in [0.2, 0.25) is 0 Å². The van der Waals surface area contributed by atoms with Crippen LogP contribution in [0.1, 0.15) is 0 Å². The van der Waals surface area contributed by atoms with E-state index in [-0.39, 0.29) is 19.7 Å². The number of hydrogen-bond acceptors (Lipinski definition) is 5. The standard InChI is InChI=1S/C9H11N3O5/c13-6-3-12(17-5-6)9(16)4-11-8(15)2-1-7(14)10-11/h1-2,6,13H,3-5H2,(H,10,14)/t6-/m1/s1. The number of nitrogens with one attached hydrogen (secondary N) is 1. The van der Waals surface area contributed by atoms with Crippen molar-refractivity contribution >= 4 is 5.91 Å². The van der Waals surface area contributed by atoms with Crippen LogP contribution in [0, 0.1) is 0 Å². The summed E-state index contributed by atoms with van der Waals surface area (Å²) in [6.45, 7) is -0.224. The first-order valence-corrected chi connectivity index (χ1v) is 4.98. The summed E-state index contributed by atoms with van der Waals surface area (Å²) in [6, 6.07) is 2.16. The summed E-state index contributed by atoms with van der Waals surface area (Å²) < 4.78 is 0.888.